The molecule has 5 heteroatoms. The van der Waals surface area contributed by atoms with Gasteiger partial charge in [-0.05, 0) is 18.6 Å². The van der Waals surface area contributed by atoms with Crippen LogP contribution in [0.3, 0.4) is 0 Å². The summed E-state index contributed by atoms with van der Waals surface area (Å²) in [6.07, 6.45) is 1.11. The Labute approximate surface area is 115 Å². The van der Waals surface area contributed by atoms with Crippen LogP contribution >= 0.6 is 27.5 Å². The molecule has 0 aliphatic carbocycles. The van der Waals surface area contributed by atoms with Gasteiger partial charge in [0, 0.05) is 35.1 Å². The molecule has 0 heterocycles. The van der Waals surface area contributed by atoms with Crippen LogP contribution in [-0.2, 0) is 16.1 Å². The van der Waals surface area contributed by atoms with Gasteiger partial charge in [0.05, 0.1) is 6.61 Å². The molecule has 0 unspecified atom stereocenters. The first kappa shape index (κ1) is 14.5. The Morgan fingerprint density at radius 2 is 2.29 bits per heavy atom. The molecule has 0 atom stereocenters. The molecule has 1 N–H and O–H groups in total. The van der Waals surface area contributed by atoms with Crippen molar-refractivity contribution in [3.8, 4) is 0 Å². The SMILES string of the molecule is COCc1c(Br)cccc1NC(=O)CCCCl. The van der Waals surface area contributed by atoms with Crippen LogP contribution in [0.25, 0.3) is 0 Å². The van der Waals surface area contributed by atoms with Gasteiger partial charge in [0.2, 0.25) is 5.91 Å². The number of hydrogen-bond donors (Lipinski definition) is 1. The van der Waals surface area contributed by atoms with E-state index in [1.54, 1.807) is 7.11 Å². The van der Waals surface area contributed by atoms with E-state index in [1.165, 1.54) is 0 Å². The topological polar surface area (TPSA) is 38.3 Å². The monoisotopic (exact) mass is 319 g/mol. The second kappa shape index (κ2) is 7.69. The summed E-state index contributed by atoms with van der Waals surface area (Å²) in [4.78, 5) is 11.6. The average molecular weight is 321 g/mol. The molecule has 1 amide bonds. The predicted octanol–water partition coefficient (Wildman–Crippen LogP) is 3.55. The summed E-state index contributed by atoms with van der Waals surface area (Å²) < 4.78 is 6.04. The van der Waals surface area contributed by atoms with Gasteiger partial charge < -0.3 is 10.1 Å². The Morgan fingerprint density at radius 1 is 1.53 bits per heavy atom. The van der Waals surface area contributed by atoms with Crippen LogP contribution in [0.15, 0.2) is 22.7 Å². The molecule has 0 saturated carbocycles. The largest absolute Gasteiger partial charge is 0.380 e. The van der Waals surface area contributed by atoms with E-state index < -0.39 is 0 Å². The molecule has 0 spiro atoms. The zero-order chi connectivity index (χ0) is 12.7. The van der Waals surface area contributed by atoms with Crippen molar-refractivity contribution < 1.29 is 9.53 Å². The Kier molecular flexibility index (Phi) is 6.55. The smallest absolute Gasteiger partial charge is 0.224 e. The van der Waals surface area contributed by atoms with Gasteiger partial charge in [-0.25, -0.2) is 0 Å². The quantitative estimate of drug-likeness (QED) is 0.814. The van der Waals surface area contributed by atoms with E-state index in [4.69, 9.17) is 16.3 Å². The van der Waals surface area contributed by atoms with Crippen LogP contribution in [0, 0.1) is 0 Å². The molecular weight excluding hydrogens is 305 g/mol. The van der Waals surface area contributed by atoms with Gasteiger partial charge in [-0.2, -0.15) is 0 Å². The minimum atomic E-state index is -0.0268. The van der Waals surface area contributed by atoms with Crippen molar-refractivity contribution in [3.05, 3.63) is 28.2 Å². The van der Waals surface area contributed by atoms with Crippen LogP contribution in [0.1, 0.15) is 18.4 Å². The number of methoxy groups -OCH3 is 1. The minimum Gasteiger partial charge on any atom is -0.380 e. The molecule has 0 aromatic heterocycles. The molecule has 1 aromatic carbocycles. The van der Waals surface area contributed by atoms with Gasteiger partial charge in [-0.15, -0.1) is 11.6 Å². The van der Waals surface area contributed by atoms with Crippen LogP contribution in [0.2, 0.25) is 0 Å². The number of alkyl halides is 1. The van der Waals surface area contributed by atoms with Crippen LogP contribution in [-0.4, -0.2) is 18.9 Å². The Hall–Kier alpha value is -0.580. The van der Waals surface area contributed by atoms with Gasteiger partial charge in [0.15, 0.2) is 0 Å². The molecule has 1 rings (SSSR count). The number of rotatable bonds is 6. The maximum absolute atomic E-state index is 11.6. The molecule has 0 fully saturated rings. The molecular formula is C12H15BrClNO2. The van der Waals surface area contributed by atoms with Crippen molar-refractivity contribution in [1.82, 2.24) is 0 Å². The summed E-state index contributed by atoms with van der Waals surface area (Å²) in [7, 11) is 1.62. The van der Waals surface area contributed by atoms with E-state index in [1.807, 2.05) is 18.2 Å². The molecule has 3 nitrogen and oxygen atoms in total. The zero-order valence-corrected chi connectivity index (χ0v) is 12.0. The number of nitrogens with one attached hydrogen (secondary N) is 1. The number of carbonyl (C=O) groups excluding carboxylic acids is 1. The van der Waals surface area contributed by atoms with Crippen molar-refractivity contribution >= 4 is 39.1 Å². The molecule has 0 aliphatic heterocycles. The van der Waals surface area contributed by atoms with Crippen molar-refractivity contribution in [2.24, 2.45) is 0 Å². The van der Waals surface area contributed by atoms with Gasteiger partial charge in [0.1, 0.15) is 0 Å². The van der Waals surface area contributed by atoms with Crippen molar-refractivity contribution in [1.29, 1.82) is 0 Å². The first-order chi connectivity index (χ1) is 8.19. The number of carbonyl (C=O) groups is 1. The number of hydrogen-bond acceptors (Lipinski definition) is 2. The molecule has 17 heavy (non-hydrogen) atoms. The summed E-state index contributed by atoms with van der Waals surface area (Å²) >= 11 is 8.99. The highest BCUT2D eigenvalue weighted by Gasteiger charge is 2.09. The van der Waals surface area contributed by atoms with Gasteiger partial charge in [-0.1, -0.05) is 22.0 Å². The lowest BCUT2D eigenvalue weighted by Crippen LogP contribution is -2.13. The maximum Gasteiger partial charge on any atom is 0.224 e. The van der Waals surface area contributed by atoms with E-state index in [2.05, 4.69) is 21.2 Å². The highest BCUT2D eigenvalue weighted by molar-refractivity contribution is 9.10. The normalized spacial score (nSPS) is 10.3. The number of benzene rings is 1. The van der Waals surface area contributed by atoms with Crippen LogP contribution in [0.4, 0.5) is 5.69 Å². The Balaban J connectivity index is 2.75. The van der Waals surface area contributed by atoms with Gasteiger partial charge in [-0.3, -0.25) is 4.79 Å². The highest BCUT2D eigenvalue weighted by Crippen LogP contribution is 2.25. The Morgan fingerprint density at radius 3 is 2.94 bits per heavy atom. The second-order valence-electron chi connectivity index (χ2n) is 3.54. The van der Waals surface area contributed by atoms with E-state index in [0.717, 1.165) is 15.7 Å². The zero-order valence-electron chi connectivity index (χ0n) is 9.63. The summed E-state index contributed by atoms with van der Waals surface area (Å²) in [5.74, 6) is 0.470. The van der Waals surface area contributed by atoms with Crippen molar-refractivity contribution in [2.75, 3.05) is 18.3 Å². The molecule has 0 saturated heterocycles. The van der Waals surface area contributed by atoms with Crippen molar-refractivity contribution in [2.45, 2.75) is 19.4 Å². The third-order valence-electron chi connectivity index (χ3n) is 2.22. The van der Waals surface area contributed by atoms with E-state index in [0.29, 0.717) is 25.3 Å². The first-order valence-electron chi connectivity index (χ1n) is 5.31. The lowest BCUT2D eigenvalue weighted by atomic mass is 10.2. The van der Waals surface area contributed by atoms with Crippen molar-refractivity contribution in [3.63, 3.8) is 0 Å². The van der Waals surface area contributed by atoms with E-state index >= 15 is 0 Å². The lowest BCUT2D eigenvalue weighted by molar-refractivity contribution is -0.116. The summed E-state index contributed by atoms with van der Waals surface area (Å²) in [5.41, 5.74) is 1.72. The van der Waals surface area contributed by atoms with E-state index in [9.17, 15) is 4.79 Å². The van der Waals surface area contributed by atoms with Crippen LogP contribution in [0.5, 0.6) is 0 Å². The van der Waals surface area contributed by atoms with Crippen LogP contribution < -0.4 is 5.32 Å². The standard InChI is InChI=1S/C12H15BrClNO2/c1-17-8-9-10(13)4-2-5-11(9)15-12(16)6-3-7-14/h2,4-5H,3,6-8H2,1H3,(H,15,16). The fourth-order valence-corrected chi connectivity index (χ4v) is 2.02. The summed E-state index contributed by atoms with van der Waals surface area (Å²) in [6, 6.07) is 5.65. The predicted molar refractivity (Wildman–Crippen MR) is 73.4 cm³/mol. The second-order valence-corrected chi connectivity index (χ2v) is 4.77. The summed E-state index contributed by atoms with van der Waals surface area (Å²) in [6.45, 7) is 0.451. The number of ether oxygens (including phenoxy) is 1. The maximum atomic E-state index is 11.6. The summed E-state index contributed by atoms with van der Waals surface area (Å²) in [5, 5.41) is 2.86. The molecule has 0 bridgehead atoms. The number of amides is 1. The number of anilines is 1. The molecule has 1 aromatic rings. The molecule has 0 aliphatic rings. The number of halogens is 2. The fourth-order valence-electron chi connectivity index (χ4n) is 1.41. The lowest BCUT2D eigenvalue weighted by Gasteiger charge is -2.12. The molecule has 94 valence electrons. The third kappa shape index (κ3) is 4.66. The highest BCUT2D eigenvalue weighted by atomic mass is 79.9. The third-order valence-corrected chi connectivity index (χ3v) is 3.23. The Bertz CT molecular complexity index is 385. The van der Waals surface area contributed by atoms with E-state index in [-0.39, 0.29) is 5.91 Å². The first-order valence-corrected chi connectivity index (χ1v) is 6.64. The minimum absolute atomic E-state index is 0.0268. The molecule has 0 radical (unpaired) electrons. The fraction of sp³-hybridized carbons (Fsp3) is 0.417. The van der Waals surface area contributed by atoms with Gasteiger partial charge in [0.25, 0.3) is 0 Å². The van der Waals surface area contributed by atoms with Gasteiger partial charge >= 0.3 is 0 Å². The average Bonchev–Trinajstić information content (AvgIpc) is 2.31.